The quantitative estimate of drug-likeness (QED) is 0.226. The monoisotopic (exact) mass is 628 g/mol. The van der Waals surface area contributed by atoms with Crippen molar-refractivity contribution in [2.45, 2.75) is 132 Å². The van der Waals surface area contributed by atoms with E-state index >= 15 is 0 Å². The van der Waals surface area contributed by atoms with Gasteiger partial charge in [-0.25, -0.2) is 4.57 Å². The van der Waals surface area contributed by atoms with Gasteiger partial charge in [0.15, 0.2) is 0 Å². The Kier molecular flexibility index (Phi) is 9.78. The van der Waals surface area contributed by atoms with Gasteiger partial charge in [-0.15, -0.1) is 0 Å². The number of fused-ring (bicyclic) bond motifs is 5. The van der Waals surface area contributed by atoms with E-state index in [4.69, 9.17) is 4.52 Å². The summed E-state index contributed by atoms with van der Waals surface area (Å²) in [5.41, 5.74) is 2.34. The van der Waals surface area contributed by atoms with Crippen molar-refractivity contribution in [1.29, 1.82) is 0 Å². The van der Waals surface area contributed by atoms with Crippen LogP contribution >= 0.6 is 7.82 Å². The Morgan fingerprint density at radius 1 is 0.818 bits per heavy atom. The van der Waals surface area contributed by atoms with Crippen LogP contribution < -0.4 is 0 Å². The molecule has 5 heteroatoms. The van der Waals surface area contributed by atoms with Gasteiger partial charge in [0.05, 0.1) is 6.61 Å². The molecule has 4 fully saturated rings. The zero-order valence-electron chi connectivity index (χ0n) is 29.5. The number of phosphoric acid groups is 1. The minimum atomic E-state index is -4.43. The van der Waals surface area contributed by atoms with Crippen LogP contribution in [0.5, 0.6) is 0 Å². The van der Waals surface area contributed by atoms with Gasteiger partial charge in [0.25, 0.3) is 0 Å². The molecule has 5 rings (SSSR count). The Morgan fingerprint density at radius 3 is 2.05 bits per heavy atom. The predicted octanol–water partition coefficient (Wildman–Crippen LogP) is 10.9. The Balaban J connectivity index is 1.43. The van der Waals surface area contributed by atoms with Crippen LogP contribution in [0.2, 0.25) is 0 Å². The molecule has 0 amide bonds. The van der Waals surface area contributed by atoms with Crippen molar-refractivity contribution in [2.75, 3.05) is 6.61 Å². The summed E-state index contributed by atoms with van der Waals surface area (Å²) in [6.07, 6.45) is 12.7. The number of hydrogen-bond donors (Lipinski definition) is 2. The molecule has 2 bridgehead atoms. The van der Waals surface area contributed by atoms with Crippen molar-refractivity contribution in [1.82, 2.24) is 0 Å². The van der Waals surface area contributed by atoms with Crippen LogP contribution in [0.25, 0.3) is 0 Å². The first kappa shape index (κ1) is 34.7. The second-order valence-electron chi connectivity index (χ2n) is 18.8. The van der Waals surface area contributed by atoms with Crippen LogP contribution in [0.1, 0.15) is 138 Å². The molecule has 1 aromatic rings. The van der Waals surface area contributed by atoms with Crippen LogP contribution in [-0.4, -0.2) is 16.4 Å². The van der Waals surface area contributed by atoms with E-state index in [0.29, 0.717) is 29.6 Å². The highest BCUT2D eigenvalue weighted by Crippen LogP contribution is 2.71. The largest absolute Gasteiger partial charge is 0.469 e. The number of hydrogen-bond acceptors (Lipinski definition) is 2. The molecule has 4 aliphatic carbocycles. The standard InChI is InChI=1S/C39H65O4P/c1-10-39(9,33-23-30(25-36(2,3)4)34-28-16-17-29(22-28)35(33)34)38(7,8)32-21-26(20-31(32)27-14-12-11-13-15-27)24-37(5,6)18-19-43-44(40,41)42/h11-15,26,28-35H,10,16-25H2,1-9H3,(H2,40,41,42)/t26?,28?,29?,30?,31?,32-,33?,34?,35?,39?/m0/s1. The molecule has 2 N–H and O–H groups in total. The highest BCUT2D eigenvalue weighted by atomic mass is 31.2. The second-order valence-corrected chi connectivity index (χ2v) is 20.0. The van der Waals surface area contributed by atoms with E-state index in [1.807, 2.05) is 0 Å². The van der Waals surface area contributed by atoms with E-state index in [2.05, 4.69) is 92.6 Å². The molecule has 1 aromatic carbocycles. The highest BCUT2D eigenvalue weighted by molar-refractivity contribution is 7.46. The molecule has 10 atom stereocenters. The molecule has 0 radical (unpaired) electrons. The van der Waals surface area contributed by atoms with Gasteiger partial charge in [-0.2, -0.15) is 0 Å². The predicted molar refractivity (Wildman–Crippen MR) is 182 cm³/mol. The maximum atomic E-state index is 11.3. The van der Waals surface area contributed by atoms with Gasteiger partial charge in [0.2, 0.25) is 0 Å². The van der Waals surface area contributed by atoms with E-state index in [0.717, 1.165) is 41.9 Å². The highest BCUT2D eigenvalue weighted by Gasteiger charge is 2.64. The molecule has 9 unspecified atom stereocenters. The average molecular weight is 629 g/mol. The van der Waals surface area contributed by atoms with Gasteiger partial charge in [0.1, 0.15) is 0 Å². The van der Waals surface area contributed by atoms with Crippen molar-refractivity contribution in [3.63, 3.8) is 0 Å². The summed E-state index contributed by atoms with van der Waals surface area (Å²) in [6.45, 7) is 22.6. The molecular weight excluding hydrogens is 563 g/mol. The molecule has 0 saturated heterocycles. The number of benzene rings is 1. The summed E-state index contributed by atoms with van der Waals surface area (Å²) in [5.74, 6) is 7.28. The van der Waals surface area contributed by atoms with Crippen molar-refractivity contribution in [3.8, 4) is 0 Å². The topological polar surface area (TPSA) is 66.8 Å². The van der Waals surface area contributed by atoms with Crippen molar-refractivity contribution in [2.24, 2.45) is 69.0 Å². The maximum absolute atomic E-state index is 11.3. The first-order valence-electron chi connectivity index (χ1n) is 18.1. The molecule has 4 saturated carbocycles. The van der Waals surface area contributed by atoms with Gasteiger partial charge >= 0.3 is 7.82 Å². The maximum Gasteiger partial charge on any atom is 0.469 e. The van der Waals surface area contributed by atoms with Crippen LogP contribution in [0, 0.1) is 69.0 Å². The van der Waals surface area contributed by atoms with Crippen molar-refractivity contribution in [3.05, 3.63) is 35.9 Å². The van der Waals surface area contributed by atoms with E-state index in [1.54, 1.807) is 0 Å². The molecular formula is C39H65O4P. The van der Waals surface area contributed by atoms with Gasteiger partial charge < -0.3 is 9.79 Å². The van der Waals surface area contributed by atoms with Crippen LogP contribution in [0.15, 0.2) is 30.3 Å². The third kappa shape index (κ3) is 6.95. The molecule has 0 aliphatic heterocycles. The molecule has 4 nitrogen and oxygen atoms in total. The summed E-state index contributed by atoms with van der Waals surface area (Å²) in [5, 5.41) is 0. The lowest BCUT2D eigenvalue weighted by Gasteiger charge is -2.55. The van der Waals surface area contributed by atoms with Crippen molar-refractivity contribution < 1.29 is 18.9 Å². The molecule has 0 aromatic heterocycles. The SMILES string of the molecule is CCC(C)(C1CC(CC(C)(C)C)C2C3CCC(C3)C21)C(C)(C)[C@H]1CC(CC(C)(C)CCOP(=O)(O)O)CC1c1ccccc1. The Hall–Kier alpha value is -0.670. The second kappa shape index (κ2) is 12.4. The Labute approximate surface area is 270 Å². The Morgan fingerprint density at radius 2 is 1.45 bits per heavy atom. The number of rotatable bonds is 12. The van der Waals surface area contributed by atoms with E-state index in [1.165, 1.54) is 56.9 Å². The zero-order valence-corrected chi connectivity index (χ0v) is 30.4. The van der Waals surface area contributed by atoms with Gasteiger partial charge in [0, 0.05) is 0 Å². The fraction of sp³-hybridized carbons (Fsp3) is 0.846. The number of phosphoric ester groups is 1. The first-order chi connectivity index (χ1) is 20.4. The summed E-state index contributed by atoms with van der Waals surface area (Å²) in [6, 6.07) is 11.4. The van der Waals surface area contributed by atoms with Gasteiger partial charge in [-0.05, 0) is 145 Å². The smallest absolute Gasteiger partial charge is 0.303 e. The zero-order chi connectivity index (χ0) is 32.3. The van der Waals surface area contributed by atoms with E-state index in [9.17, 15) is 14.4 Å². The van der Waals surface area contributed by atoms with E-state index in [-0.39, 0.29) is 22.9 Å². The molecule has 0 spiro atoms. The summed E-state index contributed by atoms with van der Waals surface area (Å²) in [4.78, 5) is 18.5. The fourth-order valence-electron chi connectivity index (χ4n) is 12.1. The molecule has 250 valence electrons. The molecule has 44 heavy (non-hydrogen) atoms. The minimum Gasteiger partial charge on any atom is -0.303 e. The summed E-state index contributed by atoms with van der Waals surface area (Å²) >= 11 is 0. The normalized spacial score (nSPS) is 35.7. The minimum absolute atomic E-state index is 0.0316. The third-order valence-electron chi connectivity index (χ3n) is 14.2. The fourth-order valence-corrected chi connectivity index (χ4v) is 12.5. The lowest BCUT2D eigenvalue weighted by atomic mass is 9.49. The summed E-state index contributed by atoms with van der Waals surface area (Å²) < 4.78 is 16.2. The van der Waals surface area contributed by atoms with Crippen LogP contribution in [-0.2, 0) is 9.09 Å². The van der Waals surface area contributed by atoms with Crippen LogP contribution in [0.3, 0.4) is 0 Å². The molecule has 0 heterocycles. The summed E-state index contributed by atoms with van der Waals surface area (Å²) in [7, 11) is -4.43. The average Bonchev–Trinajstić information content (AvgIpc) is 3.69. The third-order valence-corrected chi connectivity index (χ3v) is 14.7. The van der Waals surface area contributed by atoms with Crippen LogP contribution in [0.4, 0.5) is 0 Å². The van der Waals surface area contributed by atoms with Crippen molar-refractivity contribution >= 4 is 7.82 Å². The lowest BCUT2D eigenvalue weighted by molar-refractivity contribution is -0.0607. The molecule has 4 aliphatic rings. The van der Waals surface area contributed by atoms with E-state index < -0.39 is 7.82 Å². The Bertz CT molecular complexity index is 1160. The first-order valence-corrected chi connectivity index (χ1v) is 19.6. The van der Waals surface area contributed by atoms with Gasteiger partial charge in [-0.3, -0.25) is 4.52 Å². The lowest BCUT2D eigenvalue weighted by Crippen LogP contribution is -2.48. The van der Waals surface area contributed by atoms with Gasteiger partial charge in [-0.1, -0.05) is 92.6 Å².